The van der Waals surface area contributed by atoms with Crippen molar-refractivity contribution in [3.63, 3.8) is 0 Å². The van der Waals surface area contributed by atoms with Gasteiger partial charge in [-0.05, 0) is 25.0 Å². The van der Waals surface area contributed by atoms with Crippen molar-refractivity contribution in [2.75, 3.05) is 5.88 Å². The molecule has 3 heteroatoms. The molecule has 1 aromatic carbocycles. The molecule has 0 unspecified atom stereocenters. The number of allylic oxidation sites excluding steroid dienone is 1. The van der Waals surface area contributed by atoms with Crippen LogP contribution in [0.1, 0.15) is 17.7 Å². The number of benzene rings is 1. The lowest BCUT2D eigenvalue weighted by Gasteiger charge is -1.93. The van der Waals surface area contributed by atoms with E-state index in [1.165, 1.54) is 10.9 Å². The summed E-state index contributed by atoms with van der Waals surface area (Å²) in [5.41, 5.74) is 3.29. The van der Waals surface area contributed by atoms with Gasteiger partial charge in [-0.2, -0.15) is 5.10 Å². The van der Waals surface area contributed by atoms with Crippen molar-refractivity contribution in [3.8, 4) is 0 Å². The Hall–Kier alpha value is -1.28. The number of H-pyrrole nitrogens is 1. The average Bonchev–Trinajstić information content (AvgIpc) is 2.61. The Balaban J connectivity index is 2.31. The van der Waals surface area contributed by atoms with Crippen LogP contribution in [0.15, 0.2) is 24.3 Å². The van der Waals surface area contributed by atoms with Gasteiger partial charge in [0.1, 0.15) is 0 Å². The predicted molar refractivity (Wildman–Crippen MR) is 65.2 cm³/mol. The molecule has 0 radical (unpaired) electrons. The number of hydrogen-bond donors (Lipinski definition) is 1. The number of hydrogen-bond acceptors (Lipinski definition) is 1. The van der Waals surface area contributed by atoms with Crippen LogP contribution in [-0.2, 0) is 0 Å². The molecule has 0 atom stereocenters. The number of rotatable bonds is 3. The quantitative estimate of drug-likeness (QED) is 0.788. The Labute approximate surface area is 93.9 Å². The molecule has 1 aromatic heterocycles. The maximum absolute atomic E-state index is 5.60. The van der Waals surface area contributed by atoms with Crippen molar-refractivity contribution < 1.29 is 0 Å². The van der Waals surface area contributed by atoms with Gasteiger partial charge < -0.3 is 0 Å². The monoisotopic (exact) mass is 220 g/mol. The first-order valence-electron chi connectivity index (χ1n) is 4.98. The molecule has 0 spiro atoms. The maximum atomic E-state index is 5.60. The Kier molecular flexibility index (Phi) is 3.07. The number of aromatic nitrogens is 2. The van der Waals surface area contributed by atoms with E-state index in [4.69, 9.17) is 11.6 Å². The molecule has 1 N–H and O–H groups in total. The number of alkyl halides is 1. The molecule has 0 aliphatic rings. The molecule has 0 aliphatic heterocycles. The van der Waals surface area contributed by atoms with Crippen molar-refractivity contribution in [2.24, 2.45) is 0 Å². The lowest BCUT2D eigenvalue weighted by Crippen LogP contribution is -1.74. The summed E-state index contributed by atoms with van der Waals surface area (Å²) in [6.45, 7) is 2.03. The molecule has 2 nitrogen and oxygen atoms in total. The summed E-state index contributed by atoms with van der Waals surface area (Å²) in [6.07, 6.45) is 5.05. The Bertz CT molecular complexity index is 485. The molecule has 15 heavy (non-hydrogen) atoms. The van der Waals surface area contributed by atoms with E-state index in [1.807, 2.05) is 6.92 Å². The fourth-order valence-electron chi connectivity index (χ4n) is 1.55. The first-order valence-corrected chi connectivity index (χ1v) is 5.52. The normalized spacial score (nSPS) is 11.6. The molecule has 2 rings (SSSR count). The minimum Gasteiger partial charge on any atom is -0.282 e. The zero-order valence-electron chi connectivity index (χ0n) is 8.63. The van der Waals surface area contributed by atoms with Gasteiger partial charge in [0.2, 0.25) is 0 Å². The Morgan fingerprint density at radius 1 is 1.47 bits per heavy atom. The molecule has 78 valence electrons. The van der Waals surface area contributed by atoms with Crippen molar-refractivity contribution in [2.45, 2.75) is 13.3 Å². The first-order chi connectivity index (χ1) is 7.31. The van der Waals surface area contributed by atoms with E-state index in [-0.39, 0.29) is 0 Å². The zero-order chi connectivity index (χ0) is 10.7. The van der Waals surface area contributed by atoms with Crippen molar-refractivity contribution in [1.82, 2.24) is 10.2 Å². The summed E-state index contributed by atoms with van der Waals surface area (Å²) in [5, 5.41) is 8.38. The van der Waals surface area contributed by atoms with Gasteiger partial charge in [-0.25, -0.2) is 0 Å². The SMILES string of the molecule is Cc1[nH]nc2cc(C=CCCCl)ccc12. The molecule has 2 aromatic rings. The molecule has 0 bridgehead atoms. The van der Waals surface area contributed by atoms with Crippen LogP contribution < -0.4 is 0 Å². The fraction of sp³-hybridized carbons (Fsp3) is 0.250. The van der Waals surface area contributed by atoms with Gasteiger partial charge in [-0.15, -0.1) is 11.6 Å². The summed E-state index contributed by atoms with van der Waals surface area (Å²) in [7, 11) is 0. The number of fused-ring (bicyclic) bond motifs is 1. The molecular weight excluding hydrogens is 208 g/mol. The van der Waals surface area contributed by atoms with E-state index in [1.54, 1.807) is 0 Å². The van der Waals surface area contributed by atoms with Crippen LogP contribution in [0.4, 0.5) is 0 Å². The predicted octanol–water partition coefficient (Wildman–Crippen LogP) is 3.51. The molecule has 0 saturated carbocycles. The Morgan fingerprint density at radius 3 is 3.13 bits per heavy atom. The smallest absolute Gasteiger partial charge is 0.0929 e. The second kappa shape index (κ2) is 4.49. The van der Waals surface area contributed by atoms with Crippen LogP contribution in [0.5, 0.6) is 0 Å². The highest BCUT2D eigenvalue weighted by Gasteiger charge is 2.00. The van der Waals surface area contributed by atoms with Gasteiger partial charge in [0.25, 0.3) is 0 Å². The number of aryl methyl sites for hydroxylation is 1. The van der Waals surface area contributed by atoms with Crippen LogP contribution >= 0.6 is 11.6 Å². The van der Waals surface area contributed by atoms with E-state index in [2.05, 4.69) is 40.5 Å². The van der Waals surface area contributed by atoms with Gasteiger partial charge in [0, 0.05) is 17.0 Å². The van der Waals surface area contributed by atoms with E-state index >= 15 is 0 Å². The molecule has 0 aliphatic carbocycles. The average molecular weight is 221 g/mol. The lowest BCUT2D eigenvalue weighted by atomic mass is 10.1. The van der Waals surface area contributed by atoms with Gasteiger partial charge in [0.15, 0.2) is 0 Å². The molecule has 0 fully saturated rings. The molecule has 1 heterocycles. The number of halogens is 1. The third-order valence-electron chi connectivity index (χ3n) is 2.36. The highest BCUT2D eigenvalue weighted by atomic mass is 35.5. The van der Waals surface area contributed by atoms with E-state index < -0.39 is 0 Å². The van der Waals surface area contributed by atoms with Crippen LogP contribution in [0.2, 0.25) is 0 Å². The van der Waals surface area contributed by atoms with Crippen molar-refractivity contribution in [3.05, 3.63) is 35.5 Å². The molecule has 0 amide bonds. The summed E-state index contributed by atoms with van der Waals surface area (Å²) in [6, 6.07) is 6.26. The van der Waals surface area contributed by atoms with Gasteiger partial charge >= 0.3 is 0 Å². The lowest BCUT2D eigenvalue weighted by molar-refractivity contribution is 1.07. The van der Waals surface area contributed by atoms with Crippen LogP contribution in [0.3, 0.4) is 0 Å². The summed E-state index contributed by atoms with van der Waals surface area (Å²) >= 11 is 5.60. The van der Waals surface area contributed by atoms with Crippen molar-refractivity contribution in [1.29, 1.82) is 0 Å². The van der Waals surface area contributed by atoms with Crippen molar-refractivity contribution >= 4 is 28.6 Å². The second-order valence-corrected chi connectivity index (χ2v) is 3.88. The van der Waals surface area contributed by atoms with Gasteiger partial charge in [0.05, 0.1) is 5.52 Å². The summed E-state index contributed by atoms with van der Waals surface area (Å²) < 4.78 is 0. The molecule has 0 saturated heterocycles. The topological polar surface area (TPSA) is 28.7 Å². The summed E-state index contributed by atoms with van der Waals surface area (Å²) in [4.78, 5) is 0. The second-order valence-electron chi connectivity index (χ2n) is 3.51. The largest absolute Gasteiger partial charge is 0.282 e. The standard InChI is InChI=1S/C12H13ClN2/c1-9-11-6-5-10(4-2-3-7-13)8-12(11)15-14-9/h2,4-6,8H,3,7H2,1H3,(H,14,15). The minimum absolute atomic E-state index is 0.667. The highest BCUT2D eigenvalue weighted by Crippen LogP contribution is 2.17. The van der Waals surface area contributed by atoms with Gasteiger partial charge in [-0.3, -0.25) is 5.10 Å². The maximum Gasteiger partial charge on any atom is 0.0929 e. The Morgan fingerprint density at radius 2 is 2.33 bits per heavy atom. The third-order valence-corrected chi connectivity index (χ3v) is 2.57. The van der Waals surface area contributed by atoms with Crippen LogP contribution in [0, 0.1) is 6.92 Å². The summed E-state index contributed by atoms with van der Waals surface area (Å²) in [5.74, 6) is 0.667. The number of aromatic amines is 1. The number of nitrogens with one attached hydrogen (secondary N) is 1. The fourth-order valence-corrected chi connectivity index (χ4v) is 1.67. The molecular formula is C12H13ClN2. The van der Waals surface area contributed by atoms with E-state index in [0.29, 0.717) is 5.88 Å². The highest BCUT2D eigenvalue weighted by molar-refractivity contribution is 6.17. The minimum atomic E-state index is 0.667. The third kappa shape index (κ3) is 2.21. The van der Waals surface area contributed by atoms with E-state index in [9.17, 15) is 0 Å². The van der Waals surface area contributed by atoms with E-state index in [0.717, 1.165) is 17.6 Å². The number of nitrogens with zero attached hydrogens (tertiary/aromatic N) is 1. The zero-order valence-corrected chi connectivity index (χ0v) is 9.38. The first kappa shape index (κ1) is 10.2. The van der Waals surface area contributed by atoms with Crippen LogP contribution in [0.25, 0.3) is 17.0 Å². The van der Waals surface area contributed by atoms with Gasteiger partial charge in [-0.1, -0.05) is 24.3 Å². The van der Waals surface area contributed by atoms with Crippen LogP contribution in [-0.4, -0.2) is 16.1 Å².